The lowest BCUT2D eigenvalue weighted by molar-refractivity contribution is -0.143. The molecule has 2 amide bonds. The smallest absolute Gasteiger partial charge is 0.437 e. The van der Waals surface area contributed by atoms with Crippen LogP contribution < -0.4 is 5.32 Å². The summed E-state index contributed by atoms with van der Waals surface area (Å²) < 4.78 is 33.6. The van der Waals surface area contributed by atoms with Crippen LogP contribution in [0.5, 0.6) is 0 Å². The minimum absolute atomic E-state index is 0.0923. The van der Waals surface area contributed by atoms with Crippen LogP contribution in [0.1, 0.15) is 76.3 Å². The SMILES string of the molecule is [2H]C([2H])([2H])N1CC(=O)OCC/C=C\CCCCCCCC(=O)N/C1=N/C(=O)OC(C)(C)C. The van der Waals surface area contributed by atoms with Gasteiger partial charge in [-0.15, -0.1) is 4.99 Å². The van der Waals surface area contributed by atoms with Crippen LogP contribution in [-0.4, -0.2) is 54.6 Å². The molecule has 0 aromatic heterocycles. The van der Waals surface area contributed by atoms with Gasteiger partial charge in [-0.05, 0) is 46.5 Å². The topological polar surface area (TPSA) is 97.3 Å². The second-order valence-electron chi connectivity index (χ2n) is 7.84. The number of esters is 1. The number of nitrogens with one attached hydrogen (secondary N) is 1. The molecule has 0 atom stereocenters. The minimum atomic E-state index is -2.87. The maximum Gasteiger partial charge on any atom is 0.437 e. The number of carbonyl (C=O) groups is 3. The van der Waals surface area contributed by atoms with E-state index in [2.05, 4.69) is 10.3 Å². The molecule has 1 N–H and O–H groups in total. The summed E-state index contributed by atoms with van der Waals surface area (Å²) >= 11 is 0. The van der Waals surface area contributed by atoms with Gasteiger partial charge in [-0.1, -0.05) is 31.4 Å². The summed E-state index contributed by atoms with van der Waals surface area (Å²) in [5.41, 5.74) is -0.877. The van der Waals surface area contributed by atoms with Gasteiger partial charge in [-0.25, -0.2) is 4.79 Å². The first-order valence-corrected chi connectivity index (χ1v) is 10.1. The van der Waals surface area contributed by atoms with Crippen LogP contribution in [0.25, 0.3) is 0 Å². The average molecular weight is 413 g/mol. The van der Waals surface area contributed by atoms with Gasteiger partial charge in [0.1, 0.15) is 12.1 Å². The van der Waals surface area contributed by atoms with Crippen LogP contribution in [0.3, 0.4) is 0 Å². The first-order chi connectivity index (χ1) is 14.9. The Balaban J connectivity index is 3.13. The highest BCUT2D eigenvalue weighted by molar-refractivity contribution is 6.01. The third-order valence-electron chi connectivity index (χ3n) is 3.87. The largest absolute Gasteiger partial charge is 0.464 e. The summed E-state index contributed by atoms with van der Waals surface area (Å²) in [6.45, 7) is 1.38. The molecule has 29 heavy (non-hydrogen) atoms. The lowest BCUT2D eigenvalue weighted by atomic mass is 10.1. The van der Waals surface area contributed by atoms with E-state index in [1.54, 1.807) is 20.8 Å². The number of aliphatic imine (C=N–C) groups is 1. The molecule has 0 saturated heterocycles. The number of ether oxygens (including phenoxy) is 2. The Hall–Kier alpha value is -2.38. The van der Waals surface area contributed by atoms with E-state index in [1.807, 2.05) is 12.2 Å². The van der Waals surface area contributed by atoms with E-state index in [0.29, 0.717) is 17.7 Å². The van der Waals surface area contributed by atoms with Gasteiger partial charge in [-0.2, -0.15) is 0 Å². The second kappa shape index (κ2) is 13.0. The van der Waals surface area contributed by atoms with Gasteiger partial charge in [0.15, 0.2) is 0 Å². The highest BCUT2D eigenvalue weighted by atomic mass is 16.6. The Morgan fingerprint density at radius 2 is 1.86 bits per heavy atom. The molecule has 0 radical (unpaired) electrons. The zero-order valence-corrected chi connectivity index (χ0v) is 17.7. The summed E-state index contributed by atoms with van der Waals surface area (Å²) in [7, 11) is 0. The standard InChI is InChI=1S/C21H35N3O5/c1-21(2,3)29-20(27)23-19-22-17(25)14-12-10-8-6-5-7-9-11-13-15-28-18(26)16-24(19)4/h9,11H,5-8,10,12-16H2,1-4H3,(H,22,23,25,27)/b11-9-/i4D3. The van der Waals surface area contributed by atoms with E-state index < -0.39 is 43.1 Å². The normalized spacial score (nSPS) is 23.5. The monoisotopic (exact) mass is 412 g/mol. The van der Waals surface area contributed by atoms with Crippen molar-refractivity contribution in [1.29, 1.82) is 0 Å². The highest BCUT2D eigenvalue weighted by Gasteiger charge is 2.20. The molecule has 1 aliphatic rings. The van der Waals surface area contributed by atoms with Crippen molar-refractivity contribution in [2.75, 3.05) is 20.1 Å². The molecule has 1 rings (SSSR count). The fraction of sp³-hybridized carbons (Fsp3) is 0.714. The van der Waals surface area contributed by atoms with Gasteiger partial charge in [0.2, 0.25) is 11.9 Å². The van der Waals surface area contributed by atoms with E-state index >= 15 is 0 Å². The molecule has 8 nitrogen and oxygen atoms in total. The van der Waals surface area contributed by atoms with Crippen molar-refractivity contribution >= 4 is 23.9 Å². The summed E-state index contributed by atoms with van der Waals surface area (Å²) in [6, 6.07) is 0. The molecule has 0 unspecified atom stereocenters. The number of guanidine groups is 1. The number of rotatable bonds is 0. The number of likely N-dealkylation sites (N-methyl/N-ethyl adjacent to an activating group) is 1. The van der Waals surface area contributed by atoms with E-state index in [0.717, 1.165) is 32.1 Å². The Labute approximate surface area is 177 Å². The van der Waals surface area contributed by atoms with Crippen LogP contribution in [0.2, 0.25) is 0 Å². The highest BCUT2D eigenvalue weighted by Crippen LogP contribution is 2.10. The first kappa shape index (κ1) is 19.9. The molecule has 0 fully saturated rings. The molecular weight excluding hydrogens is 374 g/mol. The Morgan fingerprint density at radius 3 is 2.59 bits per heavy atom. The van der Waals surface area contributed by atoms with Gasteiger partial charge in [0.25, 0.3) is 0 Å². The molecule has 0 bridgehead atoms. The number of allylic oxidation sites excluding steroid dienone is 1. The van der Waals surface area contributed by atoms with Gasteiger partial charge in [0, 0.05) is 17.5 Å². The third kappa shape index (κ3) is 12.6. The van der Waals surface area contributed by atoms with E-state index in [4.69, 9.17) is 13.6 Å². The fourth-order valence-electron chi connectivity index (χ4n) is 2.52. The molecule has 0 saturated carbocycles. The molecular formula is C21H35N3O5. The van der Waals surface area contributed by atoms with Crippen LogP contribution in [0.4, 0.5) is 4.79 Å². The predicted octanol–water partition coefficient (Wildman–Crippen LogP) is 3.56. The summed E-state index contributed by atoms with van der Waals surface area (Å²) in [5.74, 6) is -1.89. The Kier molecular flexibility index (Phi) is 8.90. The van der Waals surface area contributed by atoms with Crippen LogP contribution in [0.15, 0.2) is 17.1 Å². The van der Waals surface area contributed by atoms with Crippen molar-refractivity contribution in [3.8, 4) is 0 Å². The van der Waals surface area contributed by atoms with Crippen LogP contribution in [0, 0.1) is 0 Å². The van der Waals surface area contributed by atoms with Gasteiger partial charge in [0.05, 0.1) is 6.61 Å². The molecule has 8 heteroatoms. The summed E-state index contributed by atoms with van der Waals surface area (Å²) in [5, 5.41) is 2.37. The average Bonchev–Trinajstić information content (AvgIpc) is 2.63. The lowest BCUT2D eigenvalue weighted by Crippen LogP contribution is -2.45. The minimum Gasteiger partial charge on any atom is -0.464 e. The number of amides is 2. The molecule has 164 valence electrons. The van der Waals surface area contributed by atoms with E-state index in [1.165, 1.54) is 0 Å². The summed E-state index contributed by atoms with van der Waals surface area (Å²) in [6.07, 6.45) is 8.98. The zero-order chi connectivity index (χ0) is 24.2. The van der Waals surface area contributed by atoms with E-state index in [-0.39, 0.29) is 13.0 Å². The second-order valence-corrected chi connectivity index (χ2v) is 7.84. The summed E-state index contributed by atoms with van der Waals surface area (Å²) in [4.78, 5) is 41.1. The van der Waals surface area contributed by atoms with Crippen molar-refractivity contribution in [3.05, 3.63) is 12.2 Å². The molecule has 0 spiro atoms. The zero-order valence-electron chi connectivity index (χ0n) is 20.7. The fourth-order valence-corrected chi connectivity index (χ4v) is 2.52. The number of hydrogen-bond donors (Lipinski definition) is 1. The number of carbonyl (C=O) groups excluding carboxylic acids is 3. The molecule has 1 aliphatic heterocycles. The third-order valence-corrected chi connectivity index (χ3v) is 3.87. The maximum atomic E-state index is 12.4. The molecule has 0 aliphatic carbocycles. The number of cyclic esters (lactones) is 1. The van der Waals surface area contributed by atoms with Crippen molar-refractivity contribution in [2.24, 2.45) is 4.99 Å². The number of nitrogens with zero attached hydrogens (tertiary/aromatic N) is 2. The quantitative estimate of drug-likeness (QED) is 0.483. The van der Waals surface area contributed by atoms with Crippen LogP contribution >= 0.6 is 0 Å². The van der Waals surface area contributed by atoms with Gasteiger partial charge >= 0.3 is 12.1 Å². The van der Waals surface area contributed by atoms with Gasteiger partial charge in [-0.3, -0.25) is 14.9 Å². The maximum absolute atomic E-state index is 12.4. The lowest BCUT2D eigenvalue weighted by Gasteiger charge is -2.22. The molecule has 1 heterocycles. The van der Waals surface area contributed by atoms with Crippen molar-refractivity contribution in [3.63, 3.8) is 0 Å². The number of hydrogen-bond acceptors (Lipinski definition) is 5. The van der Waals surface area contributed by atoms with E-state index in [9.17, 15) is 14.4 Å². The van der Waals surface area contributed by atoms with Crippen molar-refractivity contribution < 1.29 is 28.0 Å². The van der Waals surface area contributed by atoms with Crippen molar-refractivity contribution in [2.45, 2.75) is 77.7 Å². The Bertz CT molecular complexity index is 700. The Morgan fingerprint density at radius 1 is 1.17 bits per heavy atom. The molecule has 0 aromatic rings. The molecule has 0 aromatic carbocycles. The van der Waals surface area contributed by atoms with Gasteiger partial charge < -0.3 is 14.4 Å². The first-order valence-electron chi connectivity index (χ1n) is 11.6. The van der Waals surface area contributed by atoms with Crippen molar-refractivity contribution in [1.82, 2.24) is 10.2 Å². The predicted molar refractivity (Wildman–Crippen MR) is 111 cm³/mol. The van der Waals surface area contributed by atoms with Crippen LogP contribution in [-0.2, 0) is 19.1 Å².